The summed E-state index contributed by atoms with van der Waals surface area (Å²) in [5, 5.41) is 33.2. The number of ether oxygens (including phenoxy) is 3. The highest BCUT2D eigenvalue weighted by molar-refractivity contribution is 5.94. The Balaban J connectivity index is 1.82. The summed E-state index contributed by atoms with van der Waals surface area (Å²) >= 11 is 0. The highest BCUT2D eigenvalue weighted by atomic mass is 16.7. The first-order valence-corrected chi connectivity index (χ1v) is 10.8. The number of rotatable bonds is 10. The normalized spacial score (nSPS) is 25.9. The minimum atomic E-state index is -1.49. The van der Waals surface area contributed by atoms with Crippen molar-refractivity contribution >= 4 is 11.7 Å². The molecule has 0 aromatic heterocycles. The maximum Gasteiger partial charge on any atom is 0.251 e. The Morgan fingerprint density at radius 3 is 2.28 bits per heavy atom. The fourth-order valence-electron chi connectivity index (χ4n) is 3.22. The van der Waals surface area contributed by atoms with Crippen molar-refractivity contribution in [2.45, 2.75) is 70.7 Å². The minimum absolute atomic E-state index is 0.0875. The molecule has 1 aliphatic rings. The number of nitrogens with one attached hydrogen (secondary N) is 1. The van der Waals surface area contributed by atoms with Gasteiger partial charge in [-0.15, -0.1) is 0 Å². The van der Waals surface area contributed by atoms with Gasteiger partial charge in [0.15, 0.2) is 6.29 Å². The van der Waals surface area contributed by atoms with Gasteiger partial charge in [-0.3, -0.25) is 9.59 Å². The van der Waals surface area contributed by atoms with E-state index in [0.29, 0.717) is 30.6 Å². The van der Waals surface area contributed by atoms with E-state index < -0.39 is 30.7 Å². The van der Waals surface area contributed by atoms with Gasteiger partial charge in [0.05, 0.1) is 7.11 Å². The van der Waals surface area contributed by atoms with Crippen molar-refractivity contribution in [2.24, 2.45) is 5.41 Å². The zero-order valence-electron chi connectivity index (χ0n) is 19.1. The van der Waals surface area contributed by atoms with E-state index in [1.54, 1.807) is 24.3 Å². The molecule has 1 fully saturated rings. The Bertz CT molecular complexity index is 745. The summed E-state index contributed by atoms with van der Waals surface area (Å²) in [6, 6.07) is 6.50. The monoisotopic (exact) mass is 453 g/mol. The second-order valence-electron chi connectivity index (χ2n) is 8.95. The van der Waals surface area contributed by atoms with Crippen molar-refractivity contribution in [3.05, 3.63) is 29.8 Å². The van der Waals surface area contributed by atoms with Gasteiger partial charge in [-0.1, -0.05) is 20.8 Å². The van der Waals surface area contributed by atoms with Crippen molar-refractivity contribution in [1.29, 1.82) is 0 Å². The van der Waals surface area contributed by atoms with Crippen LogP contribution >= 0.6 is 0 Å². The number of Topliss-reactive ketones (excluding diaryl/α,β-unsaturated/α-hetero) is 1. The van der Waals surface area contributed by atoms with E-state index in [1.165, 1.54) is 7.11 Å². The van der Waals surface area contributed by atoms with Crippen LogP contribution in [-0.2, 0) is 14.3 Å². The fraction of sp³-hybridized carbons (Fsp3) is 0.652. The number of methoxy groups -OCH3 is 1. The number of hydrogen-bond donors (Lipinski definition) is 4. The third kappa shape index (κ3) is 7.25. The third-order valence-electron chi connectivity index (χ3n) is 5.40. The largest absolute Gasteiger partial charge is 0.497 e. The van der Waals surface area contributed by atoms with Crippen LogP contribution < -0.4 is 10.1 Å². The molecule has 5 atom stereocenters. The summed E-state index contributed by atoms with van der Waals surface area (Å²) in [5.74, 6) is 0.398. The predicted octanol–water partition coefficient (Wildman–Crippen LogP) is 1.03. The van der Waals surface area contributed by atoms with Crippen LogP contribution in [0.4, 0.5) is 0 Å². The molecule has 0 bridgehead atoms. The predicted molar refractivity (Wildman–Crippen MR) is 116 cm³/mol. The molecule has 1 aromatic carbocycles. The number of benzene rings is 1. The van der Waals surface area contributed by atoms with Gasteiger partial charge in [-0.2, -0.15) is 0 Å². The number of aliphatic hydroxyl groups excluding tert-OH is 3. The maximum atomic E-state index is 12.3. The van der Waals surface area contributed by atoms with Crippen LogP contribution in [0.3, 0.4) is 0 Å². The molecule has 1 heterocycles. The van der Waals surface area contributed by atoms with Crippen LogP contribution in [0.2, 0.25) is 0 Å². The number of hydrogen-bond acceptors (Lipinski definition) is 8. The Morgan fingerprint density at radius 2 is 1.69 bits per heavy atom. The summed E-state index contributed by atoms with van der Waals surface area (Å²) in [5.41, 5.74) is 0.0158. The molecule has 9 heteroatoms. The van der Waals surface area contributed by atoms with Crippen molar-refractivity contribution in [3.8, 4) is 5.75 Å². The molecule has 4 N–H and O–H groups in total. The van der Waals surface area contributed by atoms with Crippen molar-refractivity contribution in [3.63, 3.8) is 0 Å². The SMILES string of the molecule is COc1ccc(C(=O)NCC2O[C@@H](OCCCCC(=O)C(C)(C)C)C(O)[C@@H](O)[C@@H]2O)cc1. The Morgan fingerprint density at radius 1 is 1.03 bits per heavy atom. The lowest BCUT2D eigenvalue weighted by Gasteiger charge is -2.40. The molecular formula is C23H35NO8. The van der Waals surface area contributed by atoms with E-state index in [2.05, 4.69) is 5.32 Å². The van der Waals surface area contributed by atoms with Gasteiger partial charge in [0.1, 0.15) is 35.9 Å². The minimum Gasteiger partial charge on any atom is -0.497 e. The molecule has 0 spiro atoms. The van der Waals surface area contributed by atoms with Crippen molar-refractivity contribution in [1.82, 2.24) is 5.32 Å². The van der Waals surface area contributed by atoms with E-state index in [-0.39, 0.29) is 30.3 Å². The van der Waals surface area contributed by atoms with Gasteiger partial charge >= 0.3 is 0 Å². The molecule has 1 aromatic rings. The molecule has 0 radical (unpaired) electrons. The standard InChI is InChI=1S/C23H35NO8/c1-23(2,3)17(25)7-5-6-12-31-22-20(28)19(27)18(26)16(32-22)13-24-21(29)14-8-10-15(30-4)11-9-14/h8-11,16,18-20,22,26-28H,5-7,12-13H2,1-4H3,(H,24,29)/t16?,18-,19+,20?,22-/m1/s1. The first kappa shape index (κ1) is 26.2. The molecule has 1 saturated heterocycles. The summed E-state index contributed by atoms with van der Waals surface area (Å²) in [4.78, 5) is 24.3. The van der Waals surface area contributed by atoms with Crippen molar-refractivity contribution < 1.29 is 39.1 Å². The number of carbonyl (C=O) groups is 2. The lowest BCUT2D eigenvalue weighted by atomic mass is 9.88. The molecule has 1 amide bonds. The smallest absolute Gasteiger partial charge is 0.251 e. The molecule has 0 saturated carbocycles. The highest BCUT2D eigenvalue weighted by Crippen LogP contribution is 2.23. The number of ketones is 1. The van der Waals surface area contributed by atoms with E-state index in [0.717, 1.165) is 0 Å². The number of carbonyl (C=O) groups excluding carboxylic acids is 2. The van der Waals surface area contributed by atoms with Gasteiger partial charge in [-0.05, 0) is 37.1 Å². The van der Waals surface area contributed by atoms with Gasteiger partial charge in [0.2, 0.25) is 0 Å². The number of aliphatic hydroxyl groups is 3. The molecule has 2 rings (SSSR count). The van der Waals surface area contributed by atoms with E-state index in [9.17, 15) is 24.9 Å². The second-order valence-corrected chi connectivity index (χ2v) is 8.95. The van der Waals surface area contributed by atoms with E-state index in [1.807, 2.05) is 20.8 Å². The van der Waals surface area contributed by atoms with Crippen LogP contribution in [0.15, 0.2) is 24.3 Å². The first-order valence-electron chi connectivity index (χ1n) is 10.8. The van der Waals surface area contributed by atoms with Gasteiger partial charge in [-0.25, -0.2) is 0 Å². The molecule has 32 heavy (non-hydrogen) atoms. The van der Waals surface area contributed by atoms with Crippen LogP contribution in [0.25, 0.3) is 0 Å². The van der Waals surface area contributed by atoms with Crippen LogP contribution in [0, 0.1) is 5.41 Å². The zero-order valence-corrected chi connectivity index (χ0v) is 19.1. The van der Waals surface area contributed by atoms with Crippen LogP contribution in [0.1, 0.15) is 50.4 Å². The lowest BCUT2D eigenvalue weighted by Crippen LogP contribution is -2.60. The van der Waals surface area contributed by atoms with Crippen LogP contribution in [0.5, 0.6) is 5.75 Å². The van der Waals surface area contributed by atoms with Gasteiger partial charge in [0.25, 0.3) is 5.91 Å². The molecule has 1 aliphatic heterocycles. The van der Waals surface area contributed by atoms with E-state index >= 15 is 0 Å². The second kappa shape index (κ2) is 11.7. The lowest BCUT2D eigenvalue weighted by molar-refractivity contribution is -0.295. The Labute approximate surface area is 188 Å². The molecule has 2 unspecified atom stereocenters. The average Bonchev–Trinajstić information content (AvgIpc) is 2.76. The van der Waals surface area contributed by atoms with Crippen LogP contribution in [-0.4, -0.2) is 78.0 Å². The Kier molecular flexibility index (Phi) is 9.60. The fourth-order valence-corrected chi connectivity index (χ4v) is 3.22. The summed E-state index contributed by atoms with van der Waals surface area (Å²) in [6.45, 7) is 5.75. The number of amides is 1. The molecular weight excluding hydrogens is 418 g/mol. The Hall–Kier alpha value is -2.04. The molecule has 180 valence electrons. The van der Waals surface area contributed by atoms with Gasteiger partial charge < -0.3 is 34.8 Å². The highest BCUT2D eigenvalue weighted by Gasteiger charge is 2.44. The maximum absolute atomic E-state index is 12.3. The number of unbranched alkanes of at least 4 members (excludes halogenated alkanes) is 1. The topological polar surface area (TPSA) is 135 Å². The third-order valence-corrected chi connectivity index (χ3v) is 5.40. The first-order chi connectivity index (χ1) is 15.0. The zero-order chi connectivity index (χ0) is 23.9. The molecule has 9 nitrogen and oxygen atoms in total. The van der Waals surface area contributed by atoms with Crippen molar-refractivity contribution in [2.75, 3.05) is 20.3 Å². The van der Waals surface area contributed by atoms with E-state index in [4.69, 9.17) is 14.2 Å². The summed E-state index contributed by atoms with van der Waals surface area (Å²) in [6.07, 6.45) is -4.81. The summed E-state index contributed by atoms with van der Waals surface area (Å²) < 4.78 is 16.2. The quantitative estimate of drug-likeness (QED) is 0.386. The summed E-state index contributed by atoms with van der Waals surface area (Å²) in [7, 11) is 1.53. The molecule has 0 aliphatic carbocycles. The average molecular weight is 454 g/mol. The van der Waals surface area contributed by atoms with Gasteiger partial charge in [0, 0.05) is 30.6 Å².